The molecule has 1 aromatic rings. The van der Waals surface area contributed by atoms with E-state index in [9.17, 15) is 9.59 Å². The highest BCUT2D eigenvalue weighted by Gasteiger charge is 2.15. The number of hydrogen-bond donors (Lipinski definition) is 2. The third-order valence-electron chi connectivity index (χ3n) is 2.18. The Kier molecular flexibility index (Phi) is 5.64. The zero-order valence-electron chi connectivity index (χ0n) is 10.0. The van der Waals surface area contributed by atoms with Crippen LogP contribution in [0, 0.1) is 0 Å². The molecule has 6 heteroatoms. The summed E-state index contributed by atoms with van der Waals surface area (Å²) in [6.45, 7) is 2.00. The van der Waals surface area contributed by atoms with Crippen LogP contribution in [0.3, 0.4) is 0 Å². The van der Waals surface area contributed by atoms with Crippen LogP contribution in [-0.4, -0.2) is 35.1 Å². The van der Waals surface area contributed by atoms with E-state index >= 15 is 0 Å². The van der Waals surface area contributed by atoms with E-state index in [1.54, 1.807) is 18.2 Å². The number of rotatable bonds is 5. The van der Waals surface area contributed by atoms with Gasteiger partial charge in [-0.3, -0.25) is 4.79 Å². The minimum absolute atomic E-state index is 0.298. The zero-order valence-corrected chi connectivity index (χ0v) is 11.6. The highest BCUT2D eigenvalue weighted by atomic mass is 79.9. The van der Waals surface area contributed by atoms with Gasteiger partial charge in [0, 0.05) is 16.7 Å². The normalized spacial score (nSPS) is 9.89. The lowest BCUT2D eigenvalue weighted by molar-refractivity contribution is -0.137. The van der Waals surface area contributed by atoms with Crippen LogP contribution in [0.15, 0.2) is 28.7 Å². The summed E-state index contributed by atoms with van der Waals surface area (Å²) in [5, 5.41) is 11.4. The number of anilines is 1. The number of hydrogen-bond acceptors (Lipinski definition) is 2. The molecule has 1 rings (SSSR count). The molecule has 0 aliphatic rings. The van der Waals surface area contributed by atoms with Crippen molar-refractivity contribution < 1.29 is 14.7 Å². The zero-order chi connectivity index (χ0) is 13.5. The molecule has 2 amide bonds. The van der Waals surface area contributed by atoms with E-state index in [-0.39, 0.29) is 6.54 Å². The Hall–Kier alpha value is -1.56. The smallest absolute Gasteiger partial charge is 0.323 e. The standard InChI is InChI=1S/C12H15BrN2O3/c1-2-6-15(8-11(16)17)12(18)14-10-5-3-4-9(13)7-10/h3-5,7H,2,6,8H2,1H3,(H,14,18)(H,16,17). The summed E-state index contributed by atoms with van der Waals surface area (Å²) < 4.78 is 0.848. The molecule has 0 unspecified atom stereocenters. The minimum Gasteiger partial charge on any atom is -0.480 e. The summed E-state index contributed by atoms with van der Waals surface area (Å²) in [5.41, 5.74) is 0.626. The van der Waals surface area contributed by atoms with Crippen molar-refractivity contribution in [3.05, 3.63) is 28.7 Å². The van der Waals surface area contributed by atoms with Crippen LogP contribution in [-0.2, 0) is 4.79 Å². The molecule has 0 aliphatic carbocycles. The quantitative estimate of drug-likeness (QED) is 0.878. The molecule has 0 spiro atoms. The van der Waals surface area contributed by atoms with Gasteiger partial charge < -0.3 is 15.3 Å². The van der Waals surface area contributed by atoms with E-state index in [1.165, 1.54) is 4.90 Å². The lowest BCUT2D eigenvalue weighted by atomic mass is 10.3. The van der Waals surface area contributed by atoms with Gasteiger partial charge >= 0.3 is 12.0 Å². The molecule has 0 aliphatic heterocycles. The summed E-state index contributed by atoms with van der Waals surface area (Å²) in [7, 11) is 0. The van der Waals surface area contributed by atoms with Crippen molar-refractivity contribution in [2.45, 2.75) is 13.3 Å². The van der Waals surface area contributed by atoms with Gasteiger partial charge in [-0.1, -0.05) is 28.9 Å². The van der Waals surface area contributed by atoms with Gasteiger partial charge in [0.25, 0.3) is 0 Å². The first-order valence-electron chi connectivity index (χ1n) is 5.56. The van der Waals surface area contributed by atoms with E-state index < -0.39 is 12.0 Å². The van der Waals surface area contributed by atoms with Crippen LogP contribution in [0.2, 0.25) is 0 Å². The monoisotopic (exact) mass is 314 g/mol. The topological polar surface area (TPSA) is 69.6 Å². The summed E-state index contributed by atoms with van der Waals surface area (Å²) in [6, 6.07) is 6.73. The Morgan fingerprint density at radius 3 is 2.72 bits per heavy atom. The number of carbonyl (C=O) groups is 2. The fourth-order valence-corrected chi connectivity index (χ4v) is 1.85. The lowest BCUT2D eigenvalue weighted by Crippen LogP contribution is -2.39. The lowest BCUT2D eigenvalue weighted by Gasteiger charge is -2.20. The highest BCUT2D eigenvalue weighted by molar-refractivity contribution is 9.10. The van der Waals surface area contributed by atoms with Gasteiger partial charge in [0.05, 0.1) is 0 Å². The van der Waals surface area contributed by atoms with Crippen molar-refractivity contribution in [3.8, 4) is 0 Å². The van der Waals surface area contributed by atoms with Crippen LogP contribution < -0.4 is 5.32 Å². The molecule has 18 heavy (non-hydrogen) atoms. The van der Waals surface area contributed by atoms with Crippen LogP contribution >= 0.6 is 15.9 Å². The van der Waals surface area contributed by atoms with Gasteiger partial charge in [-0.2, -0.15) is 0 Å². The summed E-state index contributed by atoms with van der Waals surface area (Å²) >= 11 is 3.30. The van der Waals surface area contributed by atoms with Crippen molar-refractivity contribution in [1.82, 2.24) is 4.90 Å². The van der Waals surface area contributed by atoms with Crippen molar-refractivity contribution in [1.29, 1.82) is 0 Å². The number of nitrogens with zero attached hydrogens (tertiary/aromatic N) is 1. The molecular weight excluding hydrogens is 300 g/mol. The Morgan fingerprint density at radius 2 is 2.17 bits per heavy atom. The molecule has 0 saturated carbocycles. The number of nitrogens with one attached hydrogen (secondary N) is 1. The molecule has 0 radical (unpaired) electrons. The largest absolute Gasteiger partial charge is 0.480 e. The molecule has 0 fully saturated rings. The molecule has 0 bridgehead atoms. The second-order valence-electron chi connectivity index (χ2n) is 3.76. The van der Waals surface area contributed by atoms with Crippen LogP contribution in [0.4, 0.5) is 10.5 Å². The van der Waals surface area contributed by atoms with Crippen molar-refractivity contribution in [3.63, 3.8) is 0 Å². The maximum Gasteiger partial charge on any atom is 0.323 e. The van der Waals surface area contributed by atoms with Crippen molar-refractivity contribution in [2.24, 2.45) is 0 Å². The Labute approximate surface area is 114 Å². The molecule has 98 valence electrons. The molecule has 0 aromatic heterocycles. The molecule has 2 N–H and O–H groups in total. The second kappa shape index (κ2) is 7.00. The number of carboxylic acid groups (broad SMARTS) is 1. The van der Waals surface area contributed by atoms with Gasteiger partial charge in [0.2, 0.25) is 0 Å². The van der Waals surface area contributed by atoms with Gasteiger partial charge in [0.1, 0.15) is 6.54 Å². The van der Waals surface area contributed by atoms with Crippen LogP contribution in [0.5, 0.6) is 0 Å². The van der Waals surface area contributed by atoms with E-state index in [0.29, 0.717) is 18.7 Å². The van der Waals surface area contributed by atoms with E-state index in [0.717, 1.165) is 4.47 Å². The fourth-order valence-electron chi connectivity index (χ4n) is 1.45. The number of carboxylic acids is 1. The predicted octanol–water partition coefficient (Wildman–Crippen LogP) is 2.78. The molecule has 0 atom stereocenters. The molecule has 0 saturated heterocycles. The number of carbonyl (C=O) groups excluding carboxylic acids is 1. The first-order valence-corrected chi connectivity index (χ1v) is 6.35. The van der Waals surface area contributed by atoms with Crippen molar-refractivity contribution >= 4 is 33.6 Å². The summed E-state index contributed by atoms with van der Waals surface area (Å²) in [5.74, 6) is -1.02. The number of benzene rings is 1. The van der Waals surface area contributed by atoms with E-state index in [2.05, 4.69) is 21.2 Å². The van der Waals surface area contributed by atoms with E-state index in [4.69, 9.17) is 5.11 Å². The first-order chi connectivity index (χ1) is 8.52. The Balaban J connectivity index is 2.69. The number of aliphatic carboxylic acids is 1. The third-order valence-corrected chi connectivity index (χ3v) is 2.68. The summed E-state index contributed by atoms with van der Waals surface area (Å²) in [6.07, 6.45) is 0.708. The van der Waals surface area contributed by atoms with E-state index in [1.807, 2.05) is 13.0 Å². The molecule has 0 heterocycles. The predicted molar refractivity (Wildman–Crippen MR) is 72.7 cm³/mol. The van der Waals surface area contributed by atoms with Gasteiger partial charge in [-0.25, -0.2) is 4.79 Å². The summed E-state index contributed by atoms with van der Waals surface area (Å²) in [4.78, 5) is 23.8. The Bertz CT molecular complexity index is 437. The van der Waals surface area contributed by atoms with Crippen LogP contribution in [0.1, 0.15) is 13.3 Å². The van der Waals surface area contributed by atoms with Crippen LogP contribution in [0.25, 0.3) is 0 Å². The van der Waals surface area contributed by atoms with Gasteiger partial charge in [-0.15, -0.1) is 0 Å². The minimum atomic E-state index is -1.02. The second-order valence-corrected chi connectivity index (χ2v) is 4.67. The molecular formula is C12H15BrN2O3. The van der Waals surface area contributed by atoms with Gasteiger partial charge in [-0.05, 0) is 24.6 Å². The number of urea groups is 1. The third kappa shape index (κ3) is 4.75. The average Bonchev–Trinajstić information content (AvgIpc) is 2.27. The van der Waals surface area contributed by atoms with Gasteiger partial charge in [0.15, 0.2) is 0 Å². The highest BCUT2D eigenvalue weighted by Crippen LogP contribution is 2.16. The first kappa shape index (κ1) is 14.5. The average molecular weight is 315 g/mol. The Morgan fingerprint density at radius 1 is 1.44 bits per heavy atom. The number of amides is 2. The van der Waals surface area contributed by atoms with Crippen molar-refractivity contribution in [2.75, 3.05) is 18.4 Å². The maximum absolute atomic E-state index is 11.9. The SMILES string of the molecule is CCCN(CC(=O)O)C(=O)Nc1cccc(Br)c1. The fraction of sp³-hybridized carbons (Fsp3) is 0.333. The molecule has 5 nitrogen and oxygen atoms in total. The molecule has 1 aromatic carbocycles. The number of halogens is 1. The maximum atomic E-state index is 11.9.